The van der Waals surface area contributed by atoms with Crippen LogP contribution in [0.1, 0.15) is 40.0 Å². The quantitative estimate of drug-likeness (QED) is 0.651. The van der Waals surface area contributed by atoms with Crippen LogP contribution in [0, 0.1) is 11.8 Å². The van der Waals surface area contributed by atoms with Crippen LogP contribution in [0.4, 0.5) is 0 Å². The minimum atomic E-state index is 0.226. The number of hydrogen-bond donors (Lipinski definition) is 0. The minimum absolute atomic E-state index is 0.226. The molecule has 1 aliphatic rings. The third kappa shape index (κ3) is 3.09. The molecule has 14 heavy (non-hydrogen) atoms. The molecule has 1 aliphatic carbocycles. The van der Waals surface area contributed by atoms with E-state index in [0.29, 0.717) is 18.4 Å². The maximum Gasteiger partial charge on any atom is 0.149 e. The highest BCUT2D eigenvalue weighted by Crippen LogP contribution is 2.34. The van der Waals surface area contributed by atoms with E-state index in [4.69, 9.17) is 0 Å². The summed E-state index contributed by atoms with van der Waals surface area (Å²) < 4.78 is 0. The lowest BCUT2D eigenvalue weighted by molar-refractivity contribution is -0.123. The summed E-state index contributed by atoms with van der Waals surface area (Å²) in [5.74, 6) is 1.47. The molecule has 2 nitrogen and oxygen atoms in total. The molecule has 0 aromatic rings. The maximum absolute atomic E-state index is 11.7. The molecule has 0 heterocycles. The number of rotatable bonds is 6. The van der Waals surface area contributed by atoms with Crippen molar-refractivity contribution >= 4 is 5.78 Å². The largest absolute Gasteiger partial charge is 0.298 e. The molecular weight excluding hydrogens is 174 g/mol. The predicted octanol–water partition coefficient (Wildman–Crippen LogP) is 2.33. The number of ketones is 1. The molecule has 0 bridgehead atoms. The molecule has 0 radical (unpaired) electrons. The Morgan fingerprint density at radius 1 is 1.43 bits per heavy atom. The Morgan fingerprint density at radius 3 is 2.43 bits per heavy atom. The molecule has 2 heteroatoms. The van der Waals surface area contributed by atoms with Crippen molar-refractivity contribution in [2.75, 3.05) is 13.6 Å². The first-order valence-electron chi connectivity index (χ1n) is 5.79. The van der Waals surface area contributed by atoms with Crippen LogP contribution in [0.15, 0.2) is 0 Å². The van der Waals surface area contributed by atoms with E-state index in [9.17, 15) is 4.79 Å². The van der Waals surface area contributed by atoms with Crippen LogP contribution in [0.2, 0.25) is 0 Å². The summed E-state index contributed by atoms with van der Waals surface area (Å²) in [7, 11) is 2.07. The second-order valence-corrected chi connectivity index (χ2v) is 4.77. The summed E-state index contributed by atoms with van der Waals surface area (Å²) in [6.45, 7) is 6.97. The smallest absolute Gasteiger partial charge is 0.149 e. The normalized spacial score (nSPS) is 20.9. The Labute approximate surface area is 87.7 Å². The van der Waals surface area contributed by atoms with Gasteiger partial charge in [0.1, 0.15) is 5.78 Å². The van der Waals surface area contributed by atoms with Crippen molar-refractivity contribution in [1.29, 1.82) is 0 Å². The molecule has 1 saturated carbocycles. The first-order chi connectivity index (χ1) is 6.56. The summed E-state index contributed by atoms with van der Waals surface area (Å²) in [5.41, 5.74) is 0. The molecule has 82 valence electrons. The van der Waals surface area contributed by atoms with E-state index in [1.807, 2.05) is 6.92 Å². The summed E-state index contributed by atoms with van der Waals surface area (Å²) in [6, 6.07) is 0.586. The van der Waals surface area contributed by atoms with E-state index in [1.54, 1.807) is 0 Å². The first kappa shape index (κ1) is 11.7. The van der Waals surface area contributed by atoms with Crippen molar-refractivity contribution in [2.45, 2.75) is 46.1 Å². The fraction of sp³-hybridized carbons (Fsp3) is 0.917. The molecule has 2 atom stereocenters. The van der Waals surface area contributed by atoms with Gasteiger partial charge in [0, 0.05) is 12.0 Å². The molecule has 0 spiro atoms. The average Bonchev–Trinajstić information content (AvgIpc) is 2.98. The molecule has 0 aliphatic heterocycles. The number of carbonyl (C=O) groups is 1. The van der Waals surface area contributed by atoms with Crippen molar-refractivity contribution in [3.63, 3.8) is 0 Å². The van der Waals surface area contributed by atoms with Gasteiger partial charge in [-0.05, 0) is 39.2 Å². The van der Waals surface area contributed by atoms with Crippen molar-refractivity contribution in [2.24, 2.45) is 11.8 Å². The van der Waals surface area contributed by atoms with E-state index < -0.39 is 0 Å². The molecule has 1 rings (SSSR count). The van der Waals surface area contributed by atoms with Crippen molar-refractivity contribution in [3.8, 4) is 0 Å². The fourth-order valence-corrected chi connectivity index (χ4v) is 1.71. The standard InChI is InChI=1S/C12H23NO/c1-5-9(2)12(14)8-13(4)10(3)11-6-7-11/h9-11H,5-8H2,1-4H3. The lowest BCUT2D eigenvalue weighted by atomic mass is 10.0. The zero-order chi connectivity index (χ0) is 10.7. The van der Waals surface area contributed by atoms with E-state index in [-0.39, 0.29) is 5.92 Å². The summed E-state index contributed by atoms with van der Waals surface area (Å²) >= 11 is 0. The Balaban J connectivity index is 2.31. The highest BCUT2D eigenvalue weighted by Gasteiger charge is 2.31. The van der Waals surface area contributed by atoms with Gasteiger partial charge in [0.2, 0.25) is 0 Å². The van der Waals surface area contributed by atoms with Crippen LogP contribution in [0.3, 0.4) is 0 Å². The maximum atomic E-state index is 11.7. The van der Waals surface area contributed by atoms with Crippen LogP contribution in [0.25, 0.3) is 0 Å². The van der Waals surface area contributed by atoms with E-state index in [2.05, 4.69) is 25.8 Å². The lowest BCUT2D eigenvalue weighted by Crippen LogP contribution is -2.36. The Hall–Kier alpha value is -0.370. The summed E-state index contributed by atoms with van der Waals surface area (Å²) in [4.78, 5) is 13.9. The second kappa shape index (κ2) is 4.92. The Morgan fingerprint density at radius 2 is 2.00 bits per heavy atom. The number of carbonyl (C=O) groups excluding carboxylic acids is 1. The molecule has 0 aromatic carbocycles. The van der Waals surface area contributed by atoms with Crippen molar-refractivity contribution < 1.29 is 4.79 Å². The fourth-order valence-electron chi connectivity index (χ4n) is 1.71. The van der Waals surface area contributed by atoms with Crippen LogP contribution in [-0.2, 0) is 4.79 Å². The van der Waals surface area contributed by atoms with Crippen molar-refractivity contribution in [1.82, 2.24) is 4.90 Å². The highest BCUT2D eigenvalue weighted by atomic mass is 16.1. The van der Waals surface area contributed by atoms with E-state index >= 15 is 0 Å². The van der Waals surface area contributed by atoms with Gasteiger partial charge in [0.25, 0.3) is 0 Å². The average molecular weight is 197 g/mol. The number of Topliss-reactive ketones (excluding diaryl/α,β-unsaturated/α-hetero) is 1. The van der Waals surface area contributed by atoms with Gasteiger partial charge in [-0.3, -0.25) is 9.69 Å². The summed E-state index contributed by atoms with van der Waals surface area (Å²) in [6.07, 6.45) is 3.66. The minimum Gasteiger partial charge on any atom is -0.298 e. The van der Waals surface area contributed by atoms with Gasteiger partial charge in [0.05, 0.1) is 6.54 Å². The van der Waals surface area contributed by atoms with E-state index in [0.717, 1.165) is 12.3 Å². The SMILES string of the molecule is CCC(C)C(=O)CN(C)C(C)C1CC1. The van der Waals surface area contributed by atoms with Gasteiger partial charge in [-0.25, -0.2) is 0 Å². The van der Waals surface area contributed by atoms with Crippen LogP contribution >= 0.6 is 0 Å². The number of nitrogens with zero attached hydrogens (tertiary/aromatic N) is 1. The summed E-state index contributed by atoms with van der Waals surface area (Å²) in [5, 5.41) is 0. The van der Waals surface area contributed by atoms with Gasteiger partial charge in [-0.1, -0.05) is 13.8 Å². The predicted molar refractivity (Wildman–Crippen MR) is 59.3 cm³/mol. The number of hydrogen-bond acceptors (Lipinski definition) is 2. The molecule has 0 N–H and O–H groups in total. The van der Waals surface area contributed by atoms with E-state index in [1.165, 1.54) is 12.8 Å². The first-order valence-corrected chi connectivity index (χ1v) is 5.79. The Bertz CT molecular complexity index is 198. The molecule has 2 unspecified atom stereocenters. The van der Waals surface area contributed by atoms with Crippen LogP contribution in [-0.4, -0.2) is 30.3 Å². The van der Waals surface area contributed by atoms with Gasteiger partial charge in [0.15, 0.2) is 0 Å². The monoisotopic (exact) mass is 197 g/mol. The molecule has 1 fully saturated rings. The van der Waals surface area contributed by atoms with Crippen LogP contribution in [0.5, 0.6) is 0 Å². The third-order valence-corrected chi connectivity index (χ3v) is 3.57. The number of likely N-dealkylation sites (N-methyl/N-ethyl adjacent to an activating group) is 1. The van der Waals surface area contributed by atoms with Gasteiger partial charge < -0.3 is 0 Å². The zero-order valence-corrected chi connectivity index (χ0v) is 9.92. The molecule has 0 amide bonds. The van der Waals surface area contributed by atoms with Gasteiger partial charge in [-0.2, -0.15) is 0 Å². The van der Waals surface area contributed by atoms with Crippen LogP contribution < -0.4 is 0 Å². The lowest BCUT2D eigenvalue weighted by Gasteiger charge is -2.24. The van der Waals surface area contributed by atoms with Gasteiger partial charge in [-0.15, -0.1) is 0 Å². The highest BCUT2D eigenvalue weighted by molar-refractivity contribution is 5.82. The Kier molecular flexibility index (Phi) is 4.11. The molecule has 0 saturated heterocycles. The zero-order valence-electron chi connectivity index (χ0n) is 9.92. The molecular formula is C12H23NO. The van der Waals surface area contributed by atoms with Crippen molar-refractivity contribution in [3.05, 3.63) is 0 Å². The molecule has 0 aromatic heterocycles. The topological polar surface area (TPSA) is 20.3 Å². The van der Waals surface area contributed by atoms with Gasteiger partial charge >= 0.3 is 0 Å². The second-order valence-electron chi connectivity index (χ2n) is 4.77. The third-order valence-electron chi connectivity index (χ3n) is 3.57.